The Kier molecular flexibility index (Phi) is 8.24. The average Bonchev–Trinajstić information content (AvgIpc) is 2.81. The van der Waals surface area contributed by atoms with E-state index in [0.29, 0.717) is 41.6 Å². The van der Waals surface area contributed by atoms with Gasteiger partial charge >= 0.3 is 5.69 Å². The number of methoxy groups -OCH3 is 1. The molecule has 0 atom stereocenters. The molecule has 0 unspecified atom stereocenters. The summed E-state index contributed by atoms with van der Waals surface area (Å²) in [4.78, 5) is 50.8. The highest BCUT2D eigenvalue weighted by Crippen LogP contribution is 2.17. The van der Waals surface area contributed by atoms with Crippen LogP contribution in [0.2, 0.25) is 0 Å². The van der Waals surface area contributed by atoms with Crippen LogP contribution in [0.5, 0.6) is 5.75 Å². The second-order valence-electron chi connectivity index (χ2n) is 8.30. The molecule has 2 N–H and O–H groups in total. The molecule has 2 aromatic carbocycles. The molecule has 0 fully saturated rings. The first-order valence-electron chi connectivity index (χ1n) is 11.3. The summed E-state index contributed by atoms with van der Waals surface area (Å²) in [6, 6.07) is 13.7. The Morgan fingerprint density at radius 3 is 2.47 bits per heavy atom. The fourth-order valence-corrected chi connectivity index (χ4v) is 3.72. The van der Waals surface area contributed by atoms with E-state index in [0.717, 1.165) is 4.57 Å². The molecule has 34 heavy (non-hydrogen) atoms. The summed E-state index contributed by atoms with van der Waals surface area (Å²) in [6.45, 7) is 3.68. The molecular formula is C25H30N4O5. The Morgan fingerprint density at radius 1 is 0.971 bits per heavy atom. The lowest BCUT2D eigenvalue weighted by Crippen LogP contribution is -2.41. The average molecular weight is 467 g/mol. The first-order chi connectivity index (χ1) is 16.3. The van der Waals surface area contributed by atoms with Gasteiger partial charge in [-0.1, -0.05) is 18.2 Å². The number of carbonyl (C=O) groups excluding carboxylic acids is 2. The molecular weight excluding hydrogens is 436 g/mol. The summed E-state index contributed by atoms with van der Waals surface area (Å²) >= 11 is 0. The van der Waals surface area contributed by atoms with Crippen molar-refractivity contribution in [3.8, 4) is 5.75 Å². The van der Waals surface area contributed by atoms with Crippen LogP contribution in [-0.4, -0.2) is 34.1 Å². The van der Waals surface area contributed by atoms with Crippen LogP contribution < -0.4 is 26.6 Å². The van der Waals surface area contributed by atoms with Crippen molar-refractivity contribution in [2.75, 3.05) is 12.4 Å². The van der Waals surface area contributed by atoms with E-state index in [1.807, 2.05) is 13.8 Å². The predicted molar refractivity (Wildman–Crippen MR) is 131 cm³/mol. The number of aromatic nitrogens is 2. The molecule has 9 nitrogen and oxygen atoms in total. The summed E-state index contributed by atoms with van der Waals surface area (Å²) < 4.78 is 7.61. The summed E-state index contributed by atoms with van der Waals surface area (Å²) in [6.07, 6.45) is 1.33. The van der Waals surface area contributed by atoms with Gasteiger partial charge in [-0.2, -0.15) is 0 Å². The largest absolute Gasteiger partial charge is 0.497 e. The molecule has 0 aliphatic rings. The van der Waals surface area contributed by atoms with Gasteiger partial charge in [0.1, 0.15) is 12.3 Å². The zero-order valence-corrected chi connectivity index (χ0v) is 19.7. The Hall–Kier alpha value is -3.88. The lowest BCUT2D eigenvalue weighted by Gasteiger charge is -2.14. The van der Waals surface area contributed by atoms with Gasteiger partial charge in [0, 0.05) is 30.8 Å². The molecule has 1 aromatic heterocycles. The van der Waals surface area contributed by atoms with Gasteiger partial charge in [-0.05, 0) is 51.0 Å². The van der Waals surface area contributed by atoms with Crippen molar-refractivity contribution < 1.29 is 14.3 Å². The van der Waals surface area contributed by atoms with Gasteiger partial charge in [-0.3, -0.25) is 23.5 Å². The number of anilines is 1. The Labute approximate surface area is 197 Å². The van der Waals surface area contributed by atoms with Gasteiger partial charge in [-0.15, -0.1) is 0 Å². The number of carbonyl (C=O) groups is 2. The monoisotopic (exact) mass is 466 g/mol. The van der Waals surface area contributed by atoms with E-state index < -0.39 is 17.2 Å². The molecule has 0 saturated carbocycles. The Morgan fingerprint density at radius 2 is 1.74 bits per heavy atom. The Balaban J connectivity index is 1.82. The first-order valence-corrected chi connectivity index (χ1v) is 11.3. The number of unbranched alkanes of at least 4 members (excludes halogenated alkanes) is 1. The van der Waals surface area contributed by atoms with Crippen molar-refractivity contribution >= 4 is 28.4 Å². The van der Waals surface area contributed by atoms with Gasteiger partial charge in [0.2, 0.25) is 11.8 Å². The van der Waals surface area contributed by atoms with Crippen molar-refractivity contribution in [3.63, 3.8) is 0 Å². The minimum absolute atomic E-state index is 0.0610. The Bertz CT molecular complexity index is 1290. The van der Waals surface area contributed by atoms with Crippen molar-refractivity contribution in [1.29, 1.82) is 0 Å². The maximum Gasteiger partial charge on any atom is 0.331 e. The first kappa shape index (κ1) is 24.8. The molecule has 0 aliphatic carbocycles. The number of fused-ring (bicyclic) bond motifs is 1. The normalized spacial score (nSPS) is 10.9. The van der Waals surface area contributed by atoms with E-state index >= 15 is 0 Å². The van der Waals surface area contributed by atoms with E-state index in [-0.39, 0.29) is 25.0 Å². The minimum atomic E-state index is -0.559. The number of nitrogens with zero attached hydrogens (tertiary/aromatic N) is 2. The van der Waals surface area contributed by atoms with Crippen LogP contribution in [0.15, 0.2) is 58.1 Å². The van der Waals surface area contributed by atoms with Crippen LogP contribution in [0.3, 0.4) is 0 Å². The molecule has 0 aliphatic heterocycles. The van der Waals surface area contributed by atoms with Crippen LogP contribution in [-0.2, 0) is 22.7 Å². The SMILES string of the molecule is COc1cccc(NC(=O)Cn2c(=O)n(CCCCC(=O)NC(C)C)c(=O)c3ccccc32)c1. The summed E-state index contributed by atoms with van der Waals surface area (Å²) in [5.41, 5.74) is -0.0339. The second-order valence-corrected chi connectivity index (χ2v) is 8.30. The highest BCUT2D eigenvalue weighted by Gasteiger charge is 2.15. The molecule has 9 heteroatoms. The van der Waals surface area contributed by atoms with Gasteiger partial charge in [0.25, 0.3) is 5.56 Å². The number of amides is 2. The summed E-state index contributed by atoms with van der Waals surface area (Å²) in [5.74, 6) is 0.125. The number of ether oxygens (including phenoxy) is 1. The van der Waals surface area contributed by atoms with E-state index in [2.05, 4.69) is 10.6 Å². The van der Waals surface area contributed by atoms with Crippen molar-refractivity contribution in [2.45, 2.75) is 52.2 Å². The van der Waals surface area contributed by atoms with Gasteiger partial charge < -0.3 is 15.4 Å². The third-order valence-corrected chi connectivity index (χ3v) is 5.27. The van der Waals surface area contributed by atoms with Crippen LogP contribution in [0.25, 0.3) is 10.9 Å². The molecule has 0 radical (unpaired) electrons. The molecule has 0 spiro atoms. The van der Waals surface area contributed by atoms with Crippen molar-refractivity contribution in [1.82, 2.24) is 14.5 Å². The molecule has 3 aromatic rings. The van der Waals surface area contributed by atoms with Crippen LogP contribution in [0.4, 0.5) is 5.69 Å². The van der Waals surface area contributed by atoms with Gasteiger partial charge in [0.05, 0.1) is 18.0 Å². The summed E-state index contributed by atoms with van der Waals surface area (Å²) in [7, 11) is 1.53. The fraction of sp³-hybridized carbons (Fsp3) is 0.360. The number of rotatable bonds is 10. The zero-order chi connectivity index (χ0) is 24.7. The van der Waals surface area contributed by atoms with Crippen molar-refractivity contribution in [3.05, 3.63) is 69.4 Å². The topological polar surface area (TPSA) is 111 Å². The third-order valence-electron chi connectivity index (χ3n) is 5.27. The smallest absolute Gasteiger partial charge is 0.331 e. The van der Waals surface area contributed by atoms with Gasteiger partial charge in [-0.25, -0.2) is 4.79 Å². The third kappa shape index (κ3) is 6.12. The van der Waals surface area contributed by atoms with Crippen LogP contribution >= 0.6 is 0 Å². The molecule has 0 saturated heterocycles. The van der Waals surface area contributed by atoms with Gasteiger partial charge in [0.15, 0.2) is 0 Å². The zero-order valence-electron chi connectivity index (χ0n) is 19.7. The lowest BCUT2D eigenvalue weighted by atomic mass is 10.2. The number of hydrogen-bond donors (Lipinski definition) is 2. The number of hydrogen-bond acceptors (Lipinski definition) is 5. The van der Waals surface area contributed by atoms with Crippen molar-refractivity contribution in [2.24, 2.45) is 0 Å². The second kappa shape index (κ2) is 11.3. The highest BCUT2D eigenvalue weighted by atomic mass is 16.5. The number of benzene rings is 2. The minimum Gasteiger partial charge on any atom is -0.497 e. The predicted octanol–water partition coefficient (Wildman–Crippen LogP) is 2.51. The van der Waals surface area contributed by atoms with E-state index in [4.69, 9.17) is 4.74 Å². The molecule has 180 valence electrons. The van der Waals surface area contributed by atoms with E-state index in [9.17, 15) is 19.2 Å². The van der Waals surface area contributed by atoms with Crippen LogP contribution in [0.1, 0.15) is 33.1 Å². The quantitative estimate of drug-likeness (QED) is 0.446. The molecule has 2 amide bonds. The molecule has 1 heterocycles. The van der Waals surface area contributed by atoms with Crippen LogP contribution in [0, 0.1) is 0 Å². The number of para-hydroxylation sites is 1. The lowest BCUT2D eigenvalue weighted by molar-refractivity contribution is -0.121. The molecule has 0 bridgehead atoms. The summed E-state index contributed by atoms with van der Waals surface area (Å²) in [5, 5.41) is 5.94. The fourth-order valence-electron chi connectivity index (χ4n) is 3.72. The van der Waals surface area contributed by atoms with E-state index in [1.54, 1.807) is 48.5 Å². The highest BCUT2D eigenvalue weighted by molar-refractivity contribution is 5.91. The van der Waals surface area contributed by atoms with E-state index in [1.165, 1.54) is 11.7 Å². The maximum absolute atomic E-state index is 13.2. The maximum atomic E-state index is 13.2. The standard InChI is InChI=1S/C25H30N4O5/c1-17(2)26-22(30)13-6-7-14-28-24(32)20-11-4-5-12-21(20)29(25(28)33)16-23(31)27-18-9-8-10-19(15-18)34-3/h4-5,8-12,15,17H,6-7,13-14,16H2,1-3H3,(H,26,30)(H,27,31). The molecule has 3 rings (SSSR count). The number of nitrogens with one attached hydrogen (secondary N) is 2.